The maximum Gasteiger partial charge on any atom is 0.289 e. The summed E-state index contributed by atoms with van der Waals surface area (Å²) in [6.07, 6.45) is 0. The van der Waals surface area contributed by atoms with Gasteiger partial charge in [0.2, 0.25) is 0 Å². The summed E-state index contributed by atoms with van der Waals surface area (Å²) >= 11 is 5.94. The van der Waals surface area contributed by atoms with E-state index >= 15 is 0 Å². The lowest BCUT2D eigenvalue weighted by atomic mass is 10.1. The van der Waals surface area contributed by atoms with Gasteiger partial charge in [0.25, 0.3) is 17.3 Å². The van der Waals surface area contributed by atoms with E-state index in [0.717, 1.165) is 22.9 Å². The SMILES string of the molecule is Cc1nn(C(=O)c2ccc([N+](=O)[O-])cc2[N+](=O)[O-])c(C)c1Cl. The number of aromatic nitrogens is 2. The first-order chi connectivity index (χ1) is 10.2. The van der Waals surface area contributed by atoms with Crippen molar-refractivity contribution in [1.29, 1.82) is 0 Å². The molecular weight excluding hydrogens is 316 g/mol. The van der Waals surface area contributed by atoms with E-state index in [2.05, 4.69) is 5.10 Å². The van der Waals surface area contributed by atoms with Gasteiger partial charge in [0.1, 0.15) is 5.56 Å². The molecule has 1 heterocycles. The predicted molar refractivity (Wildman–Crippen MR) is 76.2 cm³/mol. The van der Waals surface area contributed by atoms with E-state index in [1.807, 2.05) is 0 Å². The van der Waals surface area contributed by atoms with Crippen molar-refractivity contribution in [2.75, 3.05) is 0 Å². The molecule has 0 amide bonds. The fourth-order valence-electron chi connectivity index (χ4n) is 1.90. The normalized spacial score (nSPS) is 10.5. The Hall–Kier alpha value is -2.81. The molecule has 0 saturated carbocycles. The number of nitro groups is 2. The summed E-state index contributed by atoms with van der Waals surface area (Å²) in [4.78, 5) is 32.5. The average molecular weight is 325 g/mol. The molecule has 0 unspecified atom stereocenters. The summed E-state index contributed by atoms with van der Waals surface area (Å²) in [6, 6.07) is 2.79. The third kappa shape index (κ3) is 2.53. The first kappa shape index (κ1) is 15.6. The Morgan fingerprint density at radius 1 is 1.23 bits per heavy atom. The van der Waals surface area contributed by atoms with Crippen LogP contribution >= 0.6 is 11.6 Å². The van der Waals surface area contributed by atoms with Gasteiger partial charge in [-0.3, -0.25) is 25.0 Å². The highest BCUT2D eigenvalue weighted by Crippen LogP contribution is 2.27. The lowest BCUT2D eigenvalue weighted by molar-refractivity contribution is -0.394. The van der Waals surface area contributed by atoms with Crippen molar-refractivity contribution >= 4 is 28.9 Å². The Labute approximate surface area is 128 Å². The summed E-state index contributed by atoms with van der Waals surface area (Å²) in [7, 11) is 0. The van der Waals surface area contributed by atoms with E-state index in [-0.39, 0.29) is 10.6 Å². The molecule has 0 bridgehead atoms. The van der Waals surface area contributed by atoms with Crippen LogP contribution in [0.2, 0.25) is 5.02 Å². The van der Waals surface area contributed by atoms with Crippen LogP contribution in [0.15, 0.2) is 18.2 Å². The molecule has 1 aromatic heterocycles. The molecule has 0 aliphatic carbocycles. The van der Waals surface area contributed by atoms with E-state index in [1.165, 1.54) is 6.92 Å². The van der Waals surface area contributed by atoms with Crippen LogP contribution in [0.3, 0.4) is 0 Å². The fourth-order valence-corrected chi connectivity index (χ4v) is 2.02. The second-order valence-electron chi connectivity index (χ2n) is 4.42. The highest BCUT2D eigenvalue weighted by molar-refractivity contribution is 6.32. The number of carbonyl (C=O) groups excluding carboxylic acids is 1. The largest absolute Gasteiger partial charge is 0.289 e. The minimum Gasteiger partial charge on any atom is -0.266 e. The Morgan fingerprint density at radius 2 is 1.86 bits per heavy atom. The van der Waals surface area contributed by atoms with Crippen molar-refractivity contribution in [1.82, 2.24) is 9.78 Å². The van der Waals surface area contributed by atoms with Crippen LogP contribution in [0.25, 0.3) is 0 Å². The molecule has 0 aliphatic heterocycles. The van der Waals surface area contributed by atoms with Crippen LogP contribution in [-0.2, 0) is 0 Å². The maximum absolute atomic E-state index is 12.4. The molecule has 0 saturated heterocycles. The Balaban J connectivity index is 2.61. The number of non-ortho nitro benzene ring substituents is 1. The van der Waals surface area contributed by atoms with Gasteiger partial charge in [0.15, 0.2) is 0 Å². The van der Waals surface area contributed by atoms with Crippen molar-refractivity contribution in [2.45, 2.75) is 13.8 Å². The van der Waals surface area contributed by atoms with Gasteiger partial charge < -0.3 is 0 Å². The Bertz CT molecular complexity index is 814. The van der Waals surface area contributed by atoms with E-state index in [9.17, 15) is 25.0 Å². The predicted octanol–water partition coefficient (Wildman–Crippen LogP) is 2.66. The summed E-state index contributed by atoms with van der Waals surface area (Å²) in [5.41, 5.74) is -0.718. The number of rotatable bonds is 3. The van der Waals surface area contributed by atoms with Gasteiger partial charge in [-0.05, 0) is 19.9 Å². The summed E-state index contributed by atoms with van der Waals surface area (Å²) in [5.74, 6) is -0.783. The number of aryl methyl sites for hydroxylation is 1. The van der Waals surface area contributed by atoms with Gasteiger partial charge in [-0.1, -0.05) is 11.6 Å². The Morgan fingerprint density at radius 3 is 2.32 bits per heavy atom. The monoisotopic (exact) mass is 324 g/mol. The zero-order valence-corrected chi connectivity index (χ0v) is 12.2. The molecule has 0 spiro atoms. The molecule has 0 fully saturated rings. The Kier molecular flexibility index (Phi) is 3.91. The first-order valence-corrected chi connectivity index (χ1v) is 6.31. The molecule has 2 aromatic rings. The molecule has 10 heteroatoms. The van der Waals surface area contributed by atoms with Gasteiger partial charge in [0, 0.05) is 6.07 Å². The topological polar surface area (TPSA) is 121 Å². The van der Waals surface area contributed by atoms with Crippen LogP contribution in [0.4, 0.5) is 11.4 Å². The summed E-state index contributed by atoms with van der Waals surface area (Å²) in [6.45, 7) is 3.13. The maximum atomic E-state index is 12.4. The van der Waals surface area contributed by atoms with Gasteiger partial charge in [-0.15, -0.1) is 0 Å². The minimum atomic E-state index is -0.854. The van der Waals surface area contributed by atoms with Gasteiger partial charge in [-0.25, -0.2) is 0 Å². The van der Waals surface area contributed by atoms with Crippen LogP contribution in [0.5, 0.6) is 0 Å². The standard InChI is InChI=1S/C12H9ClN4O5/c1-6-11(13)7(2)15(14-6)12(18)9-4-3-8(16(19)20)5-10(9)17(21)22/h3-5H,1-2H3. The minimum absolute atomic E-state index is 0.276. The third-order valence-electron chi connectivity index (χ3n) is 3.01. The molecule has 9 nitrogen and oxygen atoms in total. The number of nitro benzene ring substituents is 2. The summed E-state index contributed by atoms with van der Waals surface area (Å²) < 4.78 is 0.936. The van der Waals surface area contributed by atoms with Crippen molar-refractivity contribution in [3.8, 4) is 0 Å². The smallest absolute Gasteiger partial charge is 0.266 e. The first-order valence-electron chi connectivity index (χ1n) is 5.93. The lowest BCUT2D eigenvalue weighted by Crippen LogP contribution is -2.17. The second-order valence-corrected chi connectivity index (χ2v) is 4.80. The van der Waals surface area contributed by atoms with Gasteiger partial charge >= 0.3 is 0 Å². The van der Waals surface area contributed by atoms with Crippen LogP contribution in [-0.4, -0.2) is 25.5 Å². The zero-order valence-electron chi connectivity index (χ0n) is 11.4. The number of carbonyl (C=O) groups is 1. The van der Waals surface area contributed by atoms with E-state index in [4.69, 9.17) is 11.6 Å². The molecule has 0 atom stereocenters. The number of halogens is 1. The second kappa shape index (κ2) is 5.53. The van der Waals surface area contributed by atoms with E-state index in [0.29, 0.717) is 11.4 Å². The molecule has 0 N–H and O–H groups in total. The third-order valence-corrected chi connectivity index (χ3v) is 3.56. The molecule has 22 heavy (non-hydrogen) atoms. The van der Waals surface area contributed by atoms with Crippen LogP contribution < -0.4 is 0 Å². The van der Waals surface area contributed by atoms with Crippen molar-refractivity contribution in [3.63, 3.8) is 0 Å². The quantitative estimate of drug-likeness (QED) is 0.632. The van der Waals surface area contributed by atoms with Crippen LogP contribution in [0.1, 0.15) is 21.7 Å². The lowest BCUT2D eigenvalue weighted by Gasteiger charge is -2.04. The molecule has 2 rings (SSSR count). The number of hydrogen-bond donors (Lipinski definition) is 0. The van der Waals surface area contributed by atoms with E-state index < -0.39 is 27.1 Å². The average Bonchev–Trinajstić information content (AvgIpc) is 2.73. The van der Waals surface area contributed by atoms with Gasteiger partial charge in [0.05, 0.1) is 32.3 Å². The highest BCUT2D eigenvalue weighted by Gasteiger charge is 2.27. The summed E-state index contributed by atoms with van der Waals surface area (Å²) in [5, 5.41) is 26.0. The van der Waals surface area contributed by atoms with Crippen molar-refractivity contribution < 1.29 is 14.6 Å². The molecule has 114 valence electrons. The zero-order chi connectivity index (χ0) is 16.6. The van der Waals surface area contributed by atoms with Crippen LogP contribution in [0, 0.1) is 34.1 Å². The fraction of sp³-hybridized carbons (Fsp3) is 0.167. The molecule has 0 aliphatic rings. The van der Waals surface area contributed by atoms with Crippen molar-refractivity contribution in [3.05, 3.63) is 60.4 Å². The number of benzene rings is 1. The van der Waals surface area contributed by atoms with Gasteiger partial charge in [-0.2, -0.15) is 9.78 Å². The molecule has 0 radical (unpaired) electrons. The molecule has 1 aromatic carbocycles. The highest BCUT2D eigenvalue weighted by atomic mass is 35.5. The van der Waals surface area contributed by atoms with Crippen molar-refractivity contribution in [2.24, 2.45) is 0 Å². The number of hydrogen-bond acceptors (Lipinski definition) is 6. The number of nitrogens with zero attached hydrogens (tertiary/aromatic N) is 4. The molecular formula is C12H9ClN4O5. The van der Waals surface area contributed by atoms with E-state index in [1.54, 1.807) is 6.92 Å².